The zero-order valence-corrected chi connectivity index (χ0v) is 14.0. The molecular formula is C16H33N3O2. The molecule has 0 radical (unpaired) electrons. The number of rotatable bonds is 10. The summed E-state index contributed by atoms with van der Waals surface area (Å²) in [5.41, 5.74) is 0. The number of methoxy groups -OCH3 is 1. The third kappa shape index (κ3) is 8.39. The van der Waals surface area contributed by atoms with Gasteiger partial charge in [0.05, 0.1) is 13.2 Å². The first-order chi connectivity index (χ1) is 10.1. The number of hydrogen-bond acceptors (Lipinski definition) is 4. The van der Waals surface area contributed by atoms with Crippen LogP contribution in [0.4, 0.5) is 0 Å². The van der Waals surface area contributed by atoms with E-state index in [4.69, 9.17) is 4.74 Å². The zero-order valence-electron chi connectivity index (χ0n) is 14.0. The van der Waals surface area contributed by atoms with Crippen molar-refractivity contribution in [2.24, 2.45) is 5.92 Å². The fourth-order valence-electron chi connectivity index (χ4n) is 2.68. The van der Waals surface area contributed by atoms with Crippen LogP contribution in [0.3, 0.4) is 0 Å². The summed E-state index contributed by atoms with van der Waals surface area (Å²) in [4.78, 5) is 14.3. The first-order valence-electron chi connectivity index (χ1n) is 8.34. The molecule has 1 atom stereocenters. The Kier molecular flexibility index (Phi) is 9.63. The van der Waals surface area contributed by atoms with Crippen LogP contribution in [0.2, 0.25) is 0 Å². The summed E-state index contributed by atoms with van der Waals surface area (Å²) >= 11 is 0. The van der Waals surface area contributed by atoms with E-state index in [0.717, 1.165) is 39.2 Å². The van der Waals surface area contributed by atoms with Gasteiger partial charge in [0.1, 0.15) is 0 Å². The largest absolute Gasteiger partial charge is 0.383 e. The van der Waals surface area contributed by atoms with Crippen molar-refractivity contribution >= 4 is 5.91 Å². The lowest BCUT2D eigenvalue weighted by Crippen LogP contribution is -2.49. The predicted octanol–water partition coefficient (Wildman–Crippen LogP) is 1.24. The van der Waals surface area contributed by atoms with E-state index in [-0.39, 0.29) is 5.91 Å². The van der Waals surface area contributed by atoms with Gasteiger partial charge in [-0.05, 0) is 31.7 Å². The molecule has 5 heteroatoms. The number of likely N-dealkylation sites (tertiary alicyclic amines) is 1. The highest BCUT2D eigenvalue weighted by Gasteiger charge is 2.23. The summed E-state index contributed by atoms with van der Waals surface area (Å²) in [6.07, 6.45) is 4.70. The van der Waals surface area contributed by atoms with E-state index in [1.807, 2.05) is 0 Å². The van der Waals surface area contributed by atoms with Crippen molar-refractivity contribution < 1.29 is 9.53 Å². The average Bonchev–Trinajstić information content (AvgIpc) is 2.45. The van der Waals surface area contributed by atoms with Crippen molar-refractivity contribution in [3.05, 3.63) is 0 Å². The maximum Gasteiger partial charge on any atom is 0.234 e. The fourth-order valence-corrected chi connectivity index (χ4v) is 2.68. The van der Waals surface area contributed by atoms with Gasteiger partial charge in [-0.2, -0.15) is 0 Å². The average molecular weight is 299 g/mol. The summed E-state index contributed by atoms with van der Waals surface area (Å²) in [7, 11) is 1.72. The third-order valence-corrected chi connectivity index (χ3v) is 4.00. The van der Waals surface area contributed by atoms with Crippen molar-refractivity contribution in [3.63, 3.8) is 0 Å². The molecule has 1 heterocycles. The van der Waals surface area contributed by atoms with Crippen LogP contribution in [0.25, 0.3) is 0 Å². The van der Waals surface area contributed by atoms with Crippen LogP contribution in [0.1, 0.15) is 39.5 Å². The molecule has 124 valence electrons. The lowest BCUT2D eigenvalue weighted by Gasteiger charge is -2.35. The van der Waals surface area contributed by atoms with Crippen molar-refractivity contribution in [2.75, 3.05) is 46.4 Å². The molecule has 1 saturated heterocycles. The Balaban J connectivity index is 2.26. The molecule has 2 N–H and O–H groups in total. The highest BCUT2D eigenvalue weighted by Crippen LogP contribution is 2.15. The second kappa shape index (κ2) is 11.0. The molecule has 0 aromatic rings. The van der Waals surface area contributed by atoms with Crippen molar-refractivity contribution in [2.45, 2.75) is 45.6 Å². The van der Waals surface area contributed by atoms with Gasteiger partial charge in [-0.1, -0.05) is 20.3 Å². The minimum absolute atomic E-state index is 0.166. The molecule has 1 amide bonds. The molecular weight excluding hydrogens is 266 g/mol. The highest BCUT2D eigenvalue weighted by atomic mass is 16.5. The van der Waals surface area contributed by atoms with Gasteiger partial charge in [0, 0.05) is 32.8 Å². The maximum atomic E-state index is 12.0. The minimum atomic E-state index is 0.166. The second-order valence-corrected chi connectivity index (χ2v) is 6.35. The number of nitrogens with zero attached hydrogens (tertiary/aromatic N) is 1. The Morgan fingerprint density at radius 1 is 1.33 bits per heavy atom. The van der Waals surface area contributed by atoms with E-state index in [1.54, 1.807) is 7.11 Å². The summed E-state index contributed by atoms with van der Waals surface area (Å²) in [6, 6.07) is 0.478. The van der Waals surface area contributed by atoms with E-state index >= 15 is 0 Å². The molecule has 1 fully saturated rings. The standard InChI is InChI=1S/C16H33N3O2/c1-14(2)7-8-18-16(20)13-19-10-5-4-6-15(19)12-17-9-11-21-3/h14-15,17H,4-13H2,1-3H3,(H,18,20). The summed E-state index contributed by atoms with van der Waals surface area (Å²) < 4.78 is 5.05. The molecule has 1 rings (SSSR count). The van der Waals surface area contributed by atoms with Gasteiger partial charge in [-0.25, -0.2) is 0 Å². The molecule has 0 saturated carbocycles. The normalized spacial score (nSPS) is 19.9. The van der Waals surface area contributed by atoms with E-state index in [9.17, 15) is 4.79 Å². The Hall–Kier alpha value is -0.650. The smallest absolute Gasteiger partial charge is 0.234 e. The first kappa shape index (κ1) is 18.4. The molecule has 0 spiro atoms. The van der Waals surface area contributed by atoms with Gasteiger partial charge < -0.3 is 15.4 Å². The van der Waals surface area contributed by atoms with Gasteiger partial charge in [0.25, 0.3) is 0 Å². The zero-order chi connectivity index (χ0) is 15.5. The van der Waals surface area contributed by atoms with E-state index < -0.39 is 0 Å². The number of carbonyl (C=O) groups is 1. The van der Waals surface area contributed by atoms with Gasteiger partial charge in [0.2, 0.25) is 5.91 Å². The molecule has 0 aromatic heterocycles. The van der Waals surface area contributed by atoms with Crippen LogP contribution >= 0.6 is 0 Å². The monoisotopic (exact) mass is 299 g/mol. The van der Waals surface area contributed by atoms with E-state index in [0.29, 0.717) is 18.5 Å². The fraction of sp³-hybridized carbons (Fsp3) is 0.938. The van der Waals surface area contributed by atoms with Crippen LogP contribution < -0.4 is 10.6 Å². The van der Waals surface area contributed by atoms with Gasteiger partial charge in [-0.3, -0.25) is 9.69 Å². The quantitative estimate of drug-likeness (QED) is 0.596. The summed E-state index contributed by atoms with van der Waals surface area (Å²) in [6.45, 7) is 9.29. The molecule has 0 aliphatic carbocycles. The SMILES string of the molecule is COCCNCC1CCCCN1CC(=O)NCCC(C)C. The molecule has 0 bridgehead atoms. The van der Waals surface area contributed by atoms with Crippen LogP contribution in [-0.2, 0) is 9.53 Å². The van der Waals surface area contributed by atoms with Gasteiger partial charge >= 0.3 is 0 Å². The van der Waals surface area contributed by atoms with Gasteiger partial charge in [-0.15, -0.1) is 0 Å². The van der Waals surface area contributed by atoms with Crippen molar-refractivity contribution in [1.29, 1.82) is 0 Å². The molecule has 5 nitrogen and oxygen atoms in total. The van der Waals surface area contributed by atoms with E-state index in [1.165, 1.54) is 19.3 Å². The molecule has 1 aliphatic rings. The lowest BCUT2D eigenvalue weighted by molar-refractivity contribution is -0.123. The van der Waals surface area contributed by atoms with Crippen LogP contribution in [0.15, 0.2) is 0 Å². The minimum Gasteiger partial charge on any atom is -0.383 e. The molecule has 0 aromatic carbocycles. The van der Waals surface area contributed by atoms with Gasteiger partial charge in [0.15, 0.2) is 0 Å². The number of piperidine rings is 1. The highest BCUT2D eigenvalue weighted by molar-refractivity contribution is 5.78. The third-order valence-electron chi connectivity index (χ3n) is 4.00. The topological polar surface area (TPSA) is 53.6 Å². The molecule has 1 unspecified atom stereocenters. The summed E-state index contributed by atoms with van der Waals surface area (Å²) in [5.74, 6) is 0.803. The Bertz CT molecular complexity index is 285. The number of nitrogens with one attached hydrogen (secondary N) is 2. The summed E-state index contributed by atoms with van der Waals surface area (Å²) in [5, 5.41) is 6.46. The Morgan fingerprint density at radius 2 is 2.14 bits per heavy atom. The number of hydrogen-bond donors (Lipinski definition) is 2. The first-order valence-corrected chi connectivity index (χ1v) is 8.34. The Morgan fingerprint density at radius 3 is 2.86 bits per heavy atom. The number of carbonyl (C=O) groups excluding carboxylic acids is 1. The Labute approximate surface area is 129 Å². The number of amides is 1. The van der Waals surface area contributed by atoms with Crippen LogP contribution in [-0.4, -0.2) is 63.3 Å². The van der Waals surface area contributed by atoms with E-state index in [2.05, 4.69) is 29.4 Å². The van der Waals surface area contributed by atoms with Crippen molar-refractivity contribution in [3.8, 4) is 0 Å². The molecule has 1 aliphatic heterocycles. The van der Waals surface area contributed by atoms with Crippen LogP contribution in [0, 0.1) is 5.92 Å². The lowest BCUT2D eigenvalue weighted by atomic mass is 10.0. The molecule has 21 heavy (non-hydrogen) atoms. The number of ether oxygens (including phenoxy) is 1. The predicted molar refractivity (Wildman–Crippen MR) is 86.4 cm³/mol. The van der Waals surface area contributed by atoms with Crippen LogP contribution in [0.5, 0.6) is 0 Å². The second-order valence-electron chi connectivity index (χ2n) is 6.35. The maximum absolute atomic E-state index is 12.0. The van der Waals surface area contributed by atoms with Crippen molar-refractivity contribution in [1.82, 2.24) is 15.5 Å².